The van der Waals surface area contributed by atoms with Crippen molar-refractivity contribution < 1.29 is 27.8 Å². The normalized spacial score (nSPS) is 19.2. The summed E-state index contributed by atoms with van der Waals surface area (Å²) in [5.74, 6) is -0.612. The second-order valence-electron chi connectivity index (χ2n) is 7.47. The summed E-state index contributed by atoms with van der Waals surface area (Å²) in [5, 5.41) is 14.2. The number of nitrogens with zero attached hydrogens (tertiary/aromatic N) is 3. The maximum atomic E-state index is 13.7. The first-order valence-corrected chi connectivity index (χ1v) is 9.36. The van der Waals surface area contributed by atoms with E-state index in [0.29, 0.717) is 5.75 Å². The quantitative estimate of drug-likeness (QED) is 0.797. The molecule has 3 rings (SSSR count). The van der Waals surface area contributed by atoms with Crippen molar-refractivity contribution in [2.45, 2.75) is 45.0 Å². The van der Waals surface area contributed by atoms with Gasteiger partial charge in [-0.15, -0.1) is 0 Å². The number of halogens is 3. The molecule has 0 fully saturated rings. The summed E-state index contributed by atoms with van der Waals surface area (Å²) >= 11 is 0. The second-order valence-corrected chi connectivity index (χ2v) is 7.47. The Hall–Kier alpha value is -2.94. The van der Waals surface area contributed by atoms with Crippen LogP contribution in [0.4, 0.5) is 13.2 Å². The second kappa shape index (κ2) is 8.06. The first-order valence-electron chi connectivity index (χ1n) is 9.36. The number of aromatic nitrogens is 1. The summed E-state index contributed by atoms with van der Waals surface area (Å²) < 4.78 is 46.5. The van der Waals surface area contributed by atoms with E-state index < -0.39 is 30.8 Å². The van der Waals surface area contributed by atoms with Crippen LogP contribution < -0.4 is 4.74 Å². The van der Waals surface area contributed by atoms with E-state index in [9.17, 15) is 23.1 Å². The Morgan fingerprint density at radius 2 is 2.07 bits per heavy atom. The van der Waals surface area contributed by atoms with Crippen LogP contribution in [0.2, 0.25) is 0 Å². The molecule has 30 heavy (non-hydrogen) atoms. The summed E-state index contributed by atoms with van der Waals surface area (Å²) in [6.07, 6.45) is -3.22. The molecule has 1 N–H and O–H groups in total. The average molecular weight is 421 g/mol. The first-order chi connectivity index (χ1) is 14.0. The molecule has 1 aromatic carbocycles. The van der Waals surface area contributed by atoms with Crippen molar-refractivity contribution in [3.63, 3.8) is 0 Å². The van der Waals surface area contributed by atoms with Crippen molar-refractivity contribution >= 4 is 11.6 Å². The molecule has 0 unspecified atom stereocenters. The highest BCUT2D eigenvalue weighted by atomic mass is 19.4. The van der Waals surface area contributed by atoms with E-state index in [1.807, 2.05) is 32.9 Å². The molecular weight excluding hydrogens is 399 g/mol. The molecule has 1 aromatic heterocycles. The first kappa shape index (κ1) is 21.8. The van der Waals surface area contributed by atoms with Crippen LogP contribution in [0.15, 0.2) is 47.8 Å². The van der Waals surface area contributed by atoms with E-state index in [2.05, 4.69) is 10.1 Å². The van der Waals surface area contributed by atoms with Gasteiger partial charge in [-0.3, -0.25) is 9.78 Å². The monoisotopic (exact) mass is 421 g/mol. The predicted molar refractivity (Wildman–Crippen MR) is 104 cm³/mol. The Morgan fingerprint density at radius 3 is 2.67 bits per heavy atom. The maximum absolute atomic E-state index is 13.7. The van der Waals surface area contributed by atoms with Gasteiger partial charge in [0, 0.05) is 18.0 Å². The number of hydrogen-bond donors (Lipinski definition) is 1. The van der Waals surface area contributed by atoms with Gasteiger partial charge < -0.3 is 9.84 Å². The molecule has 0 spiro atoms. The third-order valence-corrected chi connectivity index (χ3v) is 4.81. The Labute approximate surface area is 172 Å². The lowest BCUT2D eigenvalue weighted by molar-refractivity contribution is -0.302. The summed E-state index contributed by atoms with van der Waals surface area (Å²) in [7, 11) is 0. The van der Waals surface area contributed by atoms with E-state index in [1.54, 1.807) is 6.07 Å². The number of alkyl halides is 3. The third-order valence-electron chi connectivity index (χ3n) is 4.81. The molecule has 0 radical (unpaired) electrons. The van der Waals surface area contributed by atoms with E-state index in [1.165, 1.54) is 24.5 Å². The van der Waals surface area contributed by atoms with Crippen molar-refractivity contribution in [1.82, 2.24) is 9.99 Å². The molecule has 0 saturated carbocycles. The molecule has 1 amide bonds. The molecule has 0 aliphatic carbocycles. The van der Waals surface area contributed by atoms with Crippen molar-refractivity contribution in [1.29, 1.82) is 0 Å². The van der Waals surface area contributed by atoms with Gasteiger partial charge >= 0.3 is 6.18 Å². The number of aliphatic hydroxyl groups is 1. The highest BCUT2D eigenvalue weighted by Crippen LogP contribution is 2.41. The lowest BCUT2D eigenvalue weighted by Gasteiger charge is -2.32. The highest BCUT2D eigenvalue weighted by molar-refractivity contribution is 6.03. The minimum absolute atomic E-state index is 0.0696. The molecule has 1 aliphatic heterocycles. The summed E-state index contributed by atoms with van der Waals surface area (Å²) in [5.41, 5.74) is -1.55. The molecule has 160 valence electrons. The van der Waals surface area contributed by atoms with E-state index >= 15 is 0 Å². The Kier molecular flexibility index (Phi) is 5.85. The van der Waals surface area contributed by atoms with Crippen LogP contribution in [0, 0.1) is 6.92 Å². The number of aryl methyl sites for hydroxylation is 1. The van der Waals surface area contributed by atoms with Gasteiger partial charge in [0.05, 0.1) is 12.1 Å². The number of amides is 1. The van der Waals surface area contributed by atoms with Crippen LogP contribution in [0.3, 0.4) is 0 Å². The zero-order chi connectivity index (χ0) is 22.1. The lowest BCUT2D eigenvalue weighted by Crippen LogP contribution is -2.57. The van der Waals surface area contributed by atoms with Crippen molar-refractivity contribution in [2.24, 2.45) is 5.10 Å². The standard InChI is InChI=1S/C21H22F3N3O3/c1-13(2)16-7-6-14(3)9-18(16)30-12-19(28)27-20(29,21(22,23)24)10-17(26-27)15-5-4-8-25-11-15/h4-9,11,13,29H,10,12H2,1-3H3/t20-/m1/s1. The van der Waals surface area contributed by atoms with Crippen LogP contribution in [0.25, 0.3) is 0 Å². The average Bonchev–Trinajstić information content (AvgIpc) is 3.05. The van der Waals surface area contributed by atoms with Crippen molar-refractivity contribution in [2.75, 3.05) is 6.61 Å². The third kappa shape index (κ3) is 4.16. The molecular formula is C21H22F3N3O3. The summed E-state index contributed by atoms with van der Waals surface area (Å²) in [6, 6.07) is 8.49. The minimum atomic E-state index is -5.11. The van der Waals surface area contributed by atoms with Crippen LogP contribution in [-0.2, 0) is 4.79 Å². The van der Waals surface area contributed by atoms with Gasteiger partial charge in [0.2, 0.25) is 0 Å². The van der Waals surface area contributed by atoms with Crippen LogP contribution in [0.1, 0.15) is 42.9 Å². The smallest absolute Gasteiger partial charge is 0.438 e. The molecule has 0 saturated heterocycles. The van der Waals surface area contributed by atoms with Gasteiger partial charge in [0.15, 0.2) is 6.61 Å². The number of hydrogen-bond acceptors (Lipinski definition) is 5. The number of carbonyl (C=O) groups is 1. The molecule has 9 heteroatoms. The number of carbonyl (C=O) groups excluding carboxylic acids is 1. The molecule has 2 heterocycles. The maximum Gasteiger partial charge on any atom is 0.438 e. The van der Waals surface area contributed by atoms with Crippen LogP contribution in [0.5, 0.6) is 5.75 Å². The summed E-state index contributed by atoms with van der Waals surface area (Å²) in [4.78, 5) is 16.5. The topological polar surface area (TPSA) is 75.0 Å². The molecule has 6 nitrogen and oxygen atoms in total. The van der Waals surface area contributed by atoms with Gasteiger partial charge in [0.25, 0.3) is 11.6 Å². The fourth-order valence-electron chi connectivity index (χ4n) is 3.17. The van der Waals surface area contributed by atoms with E-state index in [-0.39, 0.29) is 22.2 Å². The number of rotatable bonds is 5. The largest absolute Gasteiger partial charge is 0.483 e. The van der Waals surface area contributed by atoms with Gasteiger partial charge in [-0.05, 0) is 36.1 Å². The van der Waals surface area contributed by atoms with E-state index in [4.69, 9.17) is 4.74 Å². The minimum Gasteiger partial charge on any atom is -0.483 e. The number of hydrazone groups is 1. The molecule has 1 atom stereocenters. The lowest BCUT2D eigenvalue weighted by atomic mass is 10.0. The zero-order valence-corrected chi connectivity index (χ0v) is 16.8. The van der Waals surface area contributed by atoms with Gasteiger partial charge in [-0.1, -0.05) is 32.0 Å². The van der Waals surface area contributed by atoms with E-state index in [0.717, 1.165) is 11.1 Å². The molecule has 0 bridgehead atoms. The van der Waals surface area contributed by atoms with Crippen LogP contribution in [-0.4, -0.2) is 45.2 Å². The summed E-state index contributed by atoms with van der Waals surface area (Å²) in [6.45, 7) is 5.01. The number of ether oxygens (including phenoxy) is 1. The van der Waals surface area contributed by atoms with Crippen molar-refractivity contribution in [3.05, 3.63) is 59.4 Å². The van der Waals surface area contributed by atoms with Gasteiger partial charge in [-0.25, -0.2) is 0 Å². The zero-order valence-electron chi connectivity index (χ0n) is 16.8. The number of benzene rings is 1. The Morgan fingerprint density at radius 1 is 1.33 bits per heavy atom. The van der Waals surface area contributed by atoms with Crippen molar-refractivity contribution in [3.8, 4) is 5.75 Å². The highest BCUT2D eigenvalue weighted by Gasteiger charge is 2.63. The van der Waals surface area contributed by atoms with Gasteiger partial charge in [0.1, 0.15) is 5.75 Å². The predicted octanol–water partition coefficient (Wildman–Crippen LogP) is 3.78. The number of pyridine rings is 1. The van der Waals surface area contributed by atoms with Gasteiger partial charge in [-0.2, -0.15) is 23.3 Å². The van der Waals surface area contributed by atoms with Crippen LogP contribution >= 0.6 is 0 Å². The fourth-order valence-corrected chi connectivity index (χ4v) is 3.17. The Bertz CT molecular complexity index is 961. The fraction of sp³-hybridized carbons (Fsp3) is 0.381. The molecule has 2 aromatic rings. The molecule has 1 aliphatic rings. The Balaban J connectivity index is 1.87. The SMILES string of the molecule is Cc1ccc(C(C)C)c(OCC(=O)N2N=C(c3cccnc3)C[C@@]2(O)C(F)(F)F)c1.